The molecule has 1 N–H and O–H groups in total. The topological polar surface area (TPSA) is 46.5 Å². The van der Waals surface area contributed by atoms with Gasteiger partial charge in [-0.15, -0.1) is 0 Å². The SMILES string of the molecule is CC1(C)CCC(C)(C)c2cc(C3(C)COc4cc(C(=O)O)ccc43)ccc21. The van der Waals surface area contributed by atoms with Crippen molar-refractivity contribution in [2.24, 2.45) is 0 Å². The van der Waals surface area contributed by atoms with Crippen molar-refractivity contribution in [3.8, 4) is 5.75 Å². The summed E-state index contributed by atoms with van der Waals surface area (Å²) in [6.45, 7) is 12.1. The molecule has 0 bridgehead atoms. The Balaban J connectivity index is 1.83. The van der Waals surface area contributed by atoms with Crippen LogP contribution in [0, 0.1) is 0 Å². The Morgan fingerprint density at radius 2 is 1.52 bits per heavy atom. The van der Waals surface area contributed by atoms with Gasteiger partial charge in [0.25, 0.3) is 0 Å². The van der Waals surface area contributed by atoms with Crippen molar-refractivity contribution >= 4 is 5.97 Å². The van der Waals surface area contributed by atoms with Crippen LogP contribution in [0.1, 0.15) is 80.1 Å². The number of ether oxygens (including phenoxy) is 1. The van der Waals surface area contributed by atoms with Gasteiger partial charge in [-0.3, -0.25) is 0 Å². The Labute approximate surface area is 161 Å². The number of aromatic carboxylic acids is 1. The highest BCUT2D eigenvalue weighted by molar-refractivity contribution is 5.88. The number of fused-ring (bicyclic) bond motifs is 2. The Morgan fingerprint density at radius 3 is 2.19 bits per heavy atom. The van der Waals surface area contributed by atoms with Crippen molar-refractivity contribution in [3.05, 3.63) is 64.2 Å². The van der Waals surface area contributed by atoms with Gasteiger partial charge in [0.05, 0.1) is 11.0 Å². The molecule has 3 nitrogen and oxygen atoms in total. The van der Waals surface area contributed by atoms with Gasteiger partial charge < -0.3 is 9.84 Å². The molecule has 2 aromatic carbocycles. The number of carboxylic acids is 1. The maximum absolute atomic E-state index is 11.3. The second kappa shape index (κ2) is 5.60. The molecule has 1 heterocycles. The van der Waals surface area contributed by atoms with Gasteiger partial charge in [0.2, 0.25) is 0 Å². The van der Waals surface area contributed by atoms with Crippen LogP contribution in [0.3, 0.4) is 0 Å². The molecular weight excluding hydrogens is 336 g/mol. The average molecular weight is 364 g/mol. The maximum atomic E-state index is 11.3. The number of rotatable bonds is 2. The second-order valence-electron chi connectivity index (χ2n) is 9.67. The fourth-order valence-corrected chi connectivity index (χ4v) is 4.70. The summed E-state index contributed by atoms with van der Waals surface area (Å²) in [7, 11) is 0. The molecule has 0 fully saturated rings. The summed E-state index contributed by atoms with van der Waals surface area (Å²) < 4.78 is 5.93. The van der Waals surface area contributed by atoms with E-state index in [2.05, 4.69) is 52.8 Å². The first-order valence-corrected chi connectivity index (χ1v) is 9.71. The zero-order valence-electron chi connectivity index (χ0n) is 16.8. The van der Waals surface area contributed by atoms with Crippen LogP contribution in [-0.4, -0.2) is 17.7 Å². The lowest BCUT2D eigenvalue weighted by Crippen LogP contribution is -2.35. The van der Waals surface area contributed by atoms with E-state index in [4.69, 9.17) is 4.74 Å². The van der Waals surface area contributed by atoms with E-state index in [1.807, 2.05) is 6.07 Å². The Hall–Kier alpha value is -2.29. The zero-order valence-corrected chi connectivity index (χ0v) is 16.8. The average Bonchev–Trinajstić information content (AvgIpc) is 2.96. The number of carboxylic acid groups (broad SMARTS) is 1. The van der Waals surface area contributed by atoms with Crippen LogP contribution < -0.4 is 4.74 Å². The first-order valence-electron chi connectivity index (χ1n) is 9.71. The van der Waals surface area contributed by atoms with E-state index in [9.17, 15) is 9.90 Å². The van der Waals surface area contributed by atoms with Crippen LogP contribution in [-0.2, 0) is 16.2 Å². The van der Waals surface area contributed by atoms with Gasteiger partial charge in [0, 0.05) is 5.56 Å². The van der Waals surface area contributed by atoms with Gasteiger partial charge >= 0.3 is 5.97 Å². The molecule has 4 rings (SSSR count). The molecule has 27 heavy (non-hydrogen) atoms. The fourth-order valence-electron chi connectivity index (χ4n) is 4.70. The predicted octanol–water partition coefficient (Wildman–Crippen LogP) is 5.43. The summed E-state index contributed by atoms with van der Waals surface area (Å²) in [5, 5.41) is 9.25. The molecule has 142 valence electrons. The Bertz CT molecular complexity index is 939. The first kappa shape index (κ1) is 18.1. The summed E-state index contributed by atoms with van der Waals surface area (Å²) in [5.74, 6) is -0.234. The van der Waals surface area contributed by atoms with Crippen molar-refractivity contribution < 1.29 is 14.6 Å². The van der Waals surface area contributed by atoms with E-state index in [1.54, 1.807) is 12.1 Å². The molecule has 1 atom stereocenters. The van der Waals surface area contributed by atoms with Crippen molar-refractivity contribution in [3.63, 3.8) is 0 Å². The van der Waals surface area contributed by atoms with Gasteiger partial charge in [-0.25, -0.2) is 4.79 Å². The molecule has 0 saturated carbocycles. The predicted molar refractivity (Wildman–Crippen MR) is 107 cm³/mol. The molecule has 0 aromatic heterocycles. The number of benzene rings is 2. The van der Waals surface area contributed by atoms with Gasteiger partial charge in [0.1, 0.15) is 12.4 Å². The van der Waals surface area contributed by atoms with Crippen LogP contribution in [0.4, 0.5) is 0 Å². The molecule has 2 aromatic rings. The van der Waals surface area contributed by atoms with Crippen LogP contribution in [0.25, 0.3) is 0 Å². The Morgan fingerprint density at radius 1 is 0.889 bits per heavy atom. The summed E-state index contributed by atoms with van der Waals surface area (Å²) in [6, 6.07) is 12.2. The summed E-state index contributed by atoms with van der Waals surface area (Å²) >= 11 is 0. The highest BCUT2D eigenvalue weighted by Crippen LogP contribution is 2.49. The minimum Gasteiger partial charge on any atom is -0.492 e. The minimum absolute atomic E-state index is 0.159. The summed E-state index contributed by atoms with van der Waals surface area (Å²) in [4.78, 5) is 11.3. The minimum atomic E-state index is -0.923. The van der Waals surface area contributed by atoms with E-state index >= 15 is 0 Å². The Kier molecular flexibility index (Phi) is 3.76. The van der Waals surface area contributed by atoms with Crippen molar-refractivity contribution in [2.45, 2.75) is 63.7 Å². The van der Waals surface area contributed by atoms with Gasteiger partial charge in [-0.05, 0) is 59.4 Å². The quantitative estimate of drug-likeness (QED) is 0.772. The molecule has 0 radical (unpaired) electrons. The lowest BCUT2D eigenvalue weighted by Gasteiger charge is -2.42. The molecule has 0 spiro atoms. The van der Waals surface area contributed by atoms with Crippen LogP contribution in [0.2, 0.25) is 0 Å². The van der Waals surface area contributed by atoms with E-state index in [0.717, 1.165) is 5.56 Å². The first-order chi connectivity index (χ1) is 12.5. The smallest absolute Gasteiger partial charge is 0.335 e. The molecule has 0 amide bonds. The largest absolute Gasteiger partial charge is 0.492 e. The van der Waals surface area contributed by atoms with Crippen LogP contribution >= 0.6 is 0 Å². The van der Waals surface area contributed by atoms with Crippen LogP contribution in [0.5, 0.6) is 5.75 Å². The highest BCUT2D eigenvalue weighted by Gasteiger charge is 2.42. The highest BCUT2D eigenvalue weighted by atomic mass is 16.5. The third-order valence-corrected chi connectivity index (χ3v) is 6.83. The molecule has 2 aliphatic rings. The monoisotopic (exact) mass is 364 g/mol. The lowest BCUT2D eigenvalue weighted by atomic mass is 9.62. The molecule has 1 unspecified atom stereocenters. The van der Waals surface area contributed by atoms with Gasteiger partial charge in [-0.1, -0.05) is 52.0 Å². The maximum Gasteiger partial charge on any atom is 0.335 e. The van der Waals surface area contributed by atoms with E-state index < -0.39 is 5.97 Å². The third-order valence-electron chi connectivity index (χ3n) is 6.83. The van der Waals surface area contributed by atoms with E-state index in [0.29, 0.717) is 12.4 Å². The van der Waals surface area contributed by atoms with Gasteiger partial charge in [0.15, 0.2) is 0 Å². The molecule has 3 heteroatoms. The normalized spacial score (nSPS) is 24.6. The van der Waals surface area contributed by atoms with E-state index in [1.165, 1.54) is 29.5 Å². The third kappa shape index (κ3) is 2.67. The number of carbonyl (C=O) groups is 1. The summed E-state index contributed by atoms with van der Waals surface area (Å²) in [5.41, 5.74) is 5.57. The number of hydrogen-bond donors (Lipinski definition) is 1. The van der Waals surface area contributed by atoms with Gasteiger partial charge in [-0.2, -0.15) is 0 Å². The van der Waals surface area contributed by atoms with Crippen molar-refractivity contribution in [1.29, 1.82) is 0 Å². The van der Waals surface area contributed by atoms with Crippen molar-refractivity contribution in [1.82, 2.24) is 0 Å². The molecular formula is C24H28O3. The zero-order chi connectivity index (χ0) is 19.6. The fraction of sp³-hybridized carbons (Fsp3) is 0.458. The van der Waals surface area contributed by atoms with Crippen LogP contribution in [0.15, 0.2) is 36.4 Å². The lowest BCUT2D eigenvalue weighted by molar-refractivity contribution is 0.0696. The second-order valence-corrected chi connectivity index (χ2v) is 9.67. The standard InChI is InChI=1S/C24H28O3/c1-22(2)10-11-23(3,4)19-13-16(7-9-17(19)22)24(5)14-27-20-12-15(21(25)26)6-8-18(20)24/h6-9,12-13H,10-11,14H2,1-5H3,(H,25,26). The molecule has 1 aliphatic carbocycles. The molecule has 0 saturated heterocycles. The summed E-state index contributed by atoms with van der Waals surface area (Å²) in [6.07, 6.45) is 2.38. The molecule has 1 aliphatic heterocycles. The number of hydrogen-bond acceptors (Lipinski definition) is 2. The van der Waals surface area contributed by atoms with E-state index in [-0.39, 0.29) is 21.8 Å². The van der Waals surface area contributed by atoms with Crippen molar-refractivity contribution in [2.75, 3.05) is 6.61 Å².